The van der Waals surface area contributed by atoms with Gasteiger partial charge < -0.3 is 4.74 Å². The Hall–Kier alpha value is -2.95. The highest BCUT2D eigenvalue weighted by molar-refractivity contribution is 5.77. The predicted octanol–water partition coefficient (Wildman–Crippen LogP) is 5.13. The van der Waals surface area contributed by atoms with Crippen molar-refractivity contribution in [2.75, 3.05) is 7.11 Å². The number of nitrogens with zero attached hydrogens (tertiary/aromatic N) is 3. The van der Waals surface area contributed by atoms with E-state index in [2.05, 4.69) is 39.3 Å². The number of ether oxygens (including phenoxy) is 1. The van der Waals surface area contributed by atoms with Crippen LogP contribution < -0.4 is 0 Å². The molecule has 3 aromatic rings. The topological polar surface area (TPSA) is 57.0 Å². The first-order valence-corrected chi connectivity index (χ1v) is 9.90. The van der Waals surface area contributed by atoms with Crippen molar-refractivity contribution >= 4 is 5.97 Å². The fraction of sp³-hybridized carbons (Fsp3) is 0.348. The van der Waals surface area contributed by atoms with E-state index in [1.54, 1.807) is 0 Å². The summed E-state index contributed by atoms with van der Waals surface area (Å²) >= 11 is 0. The molecule has 0 aliphatic carbocycles. The summed E-state index contributed by atoms with van der Waals surface area (Å²) in [5.41, 5.74) is 4.20. The first-order valence-electron chi connectivity index (χ1n) is 9.90. The number of aryl methyl sites for hydroxylation is 1. The maximum Gasteiger partial charge on any atom is 0.305 e. The quantitative estimate of drug-likeness (QED) is 0.363. The summed E-state index contributed by atoms with van der Waals surface area (Å²) in [5.74, 6) is -0.122. The van der Waals surface area contributed by atoms with Gasteiger partial charge in [-0.05, 0) is 12.8 Å². The van der Waals surface area contributed by atoms with Crippen LogP contribution >= 0.6 is 0 Å². The van der Waals surface area contributed by atoms with Gasteiger partial charge in [-0.15, -0.1) is 5.10 Å². The number of carbonyl (C=O) groups excluding carboxylic acids is 1. The van der Waals surface area contributed by atoms with Crippen molar-refractivity contribution < 1.29 is 9.53 Å². The zero-order valence-electron chi connectivity index (χ0n) is 16.4. The number of methoxy groups -OCH3 is 1. The Morgan fingerprint density at radius 2 is 1.46 bits per heavy atom. The molecule has 0 bridgehead atoms. The van der Waals surface area contributed by atoms with Crippen molar-refractivity contribution in [3.05, 3.63) is 60.7 Å². The Balaban J connectivity index is 1.63. The molecule has 2 aromatic carbocycles. The first kappa shape index (κ1) is 19.8. The standard InChI is InChI=1S/C23H27N3O2/c1-28-21(27)17-11-3-2-4-12-18-26-23(20-15-9-6-10-16-20)22(24-25-26)19-13-7-5-8-14-19/h5-10,13-16H,2-4,11-12,17-18H2,1H3. The highest BCUT2D eigenvalue weighted by atomic mass is 16.5. The van der Waals surface area contributed by atoms with Crippen LogP contribution in [0.3, 0.4) is 0 Å². The van der Waals surface area contributed by atoms with Gasteiger partial charge in [0, 0.05) is 24.1 Å². The summed E-state index contributed by atoms with van der Waals surface area (Å²) < 4.78 is 6.69. The molecule has 28 heavy (non-hydrogen) atoms. The molecule has 3 rings (SSSR count). The van der Waals surface area contributed by atoms with Gasteiger partial charge in [0.05, 0.1) is 12.8 Å². The monoisotopic (exact) mass is 377 g/mol. The second kappa shape index (κ2) is 10.4. The number of aromatic nitrogens is 3. The molecule has 0 aliphatic rings. The van der Waals surface area contributed by atoms with Crippen molar-refractivity contribution in [3.63, 3.8) is 0 Å². The lowest BCUT2D eigenvalue weighted by Crippen LogP contribution is -2.03. The molecule has 0 saturated carbocycles. The third kappa shape index (κ3) is 5.28. The number of hydrogen-bond donors (Lipinski definition) is 0. The van der Waals surface area contributed by atoms with Gasteiger partial charge in [0.15, 0.2) is 0 Å². The van der Waals surface area contributed by atoms with E-state index in [0.717, 1.165) is 61.2 Å². The van der Waals surface area contributed by atoms with Gasteiger partial charge in [0.1, 0.15) is 5.69 Å². The number of carbonyl (C=O) groups is 1. The molecule has 5 nitrogen and oxygen atoms in total. The molecule has 0 amide bonds. The summed E-state index contributed by atoms with van der Waals surface area (Å²) in [5, 5.41) is 8.92. The van der Waals surface area contributed by atoms with Crippen molar-refractivity contribution in [1.82, 2.24) is 15.0 Å². The molecule has 1 heterocycles. The minimum absolute atomic E-state index is 0.122. The van der Waals surface area contributed by atoms with Gasteiger partial charge in [0.2, 0.25) is 0 Å². The molecule has 0 radical (unpaired) electrons. The van der Waals surface area contributed by atoms with Crippen molar-refractivity contribution in [3.8, 4) is 22.5 Å². The number of hydrogen-bond acceptors (Lipinski definition) is 4. The zero-order chi connectivity index (χ0) is 19.6. The van der Waals surface area contributed by atoms with E-state index >= 15 is 0 Å². The van der Waals surface area contributed by atoms with Crippen LogP contribution in [0.5, 0.6) is 0 Å². The molecule has 0 unspecified atom stereocenters. The summed E-state index contributed by atoms with van der Waals surface area (Å²) in [4.78, 5) is 11.1. The molecule has 0 saturated heterocycles. The summed E-state index contributed by atoms with van der Waals surface area (Å²) in [6.07, 6.45) is 5.71. The Bertz CT molecular complexity index is 860. The Kier molecular flexibility index (Phi) is 7.36. The molecular formula is C23H27N3O2. The van der Waals surface area contributed by atoms with Crippen LogP contribution in [-0.2, 0) is 16.1 Å². The fourth-order valence-corrected chi connectivity index (χ4v) is 3.31. The SMILES string of the molecule is COC(=O)CCCCCCCn1nnc(-c2ccccc2)c1-c1ccccc1. The normalized spacial score (nSPS) is 10.8. The summed E-state index contributed by atoms with van der Waals surface area (Å²) in [7, 11) is 1.44. The van der Waals surface area contributed by atoms with E-state index in [4.69, 9.17) is 0 Å². The first-order chi connectivity index (χ1) is 13.8. The lowest BCUT2D eigenvalue weighted by molar-refractivity contribution is -0.140. The van der Waals surface area contributed by atoms with Crippen LogP contribution in [0.2, 0.25) is 0 Å². The maximum atomic E-state index is 11.1. The molecular weight excluding hydrogens is 350 g/mol. The predicted molar refractivity (Wildman–Crippen MR) is 111 cm³/mol. The molecule has 1 aromatic heterocycles. The van der Waals surface area contributed by atoms with E-state index in [1.165, 1.54) is 7.11 Å². The zero-order valence-corrected chi connectivity index (χ0v) is 16.4. The summed E-state index contributed by atoms with van der Waals surface area (Å²) in [6, 6.07) is 20.5. The number of rotatable bonds is 10. The molecule has 5 heteroatoms. The minimum atomic E-state index is -0.122. The molecule has 0 N–H and O–H groups in total. The van der Waals surface area contributed by atoms with Crippen LogP contribution in [0.15, 0.2) is 60.7 Å². The van der Waals surface area contributed by atoms with E-state index in [9.17, 15) is 4.79 Å². The minimum Gasteiger partial charge on any atom is -0.469 e. The van der Waals surface area contributed by atoms with Crippen LogP contribution in [-0.4, -0.2) is 28.1 Å². The van der Waals surface area contributed by atoms with Crippen molar-refractivity contribution in [2.24, 2.45) is 0 Å². The Labute approximate surface area is 166 Å². The van der Waals surface area contributed by atoms with Crippen LogP contribution in [0.4, 0.5) is 0 Å². The average molecular weight is 377 g/mol. The fourth-order valence-electron chi connectivity index (χ4n) is 3.31. The Morgan fingerprint density at radius 3 is 2.14 bits per heavy atom. The van der Waals surface area contributed by atoms with Crippen LogP contribution in [0, 0.1) is 0 Å². The molecule has 0 spiro atoms. The van der Waals surface area contributed by atoms with Crippen molar-refractivity contribution in [1.29, 1.82) is 0 Å². The molecule has 0 atom stereocenters. The molecule has 0 fully saturated rings. The molecule has 0 aliphatic heterocycles. The third-order valence-corrected chi connectivity index (χ3v) is 4.81. The highest BCUT2D eigenvalue weighted by Gasteiger charge is 2.16. The van der Waals surface area contributed by atoms with Gasteiger partial charge in [-0.25, -0.2) is 4.68 Å². The van der Waals surface area contributed by atoms with Crippen molar-refractivity contribution in [2.45, 2.75) is 45.1 Å². The number of esters is 1. The van der Waals surface area contributed by atoms with Crippen LogP contribution in [0.1, 0.15) is 38.5 Å². The van der Waals surface area contributed by atoms with E-state index in [0.29, 0.717) is 6.42 Å². The lowest BCUT2D eigenvalue weighted by atomic mass is 10.0. The van der Waals surface area contributed by atoms with E-state index in [1.807, 2.05) is 41.1 Å². The summed E-state index contributed by atoms with van der Waals surface area (Å²) in [6.45, 7) is 0.834. The molecule has 146 valence electrons. The maximum absolute atomic E-state index is 11.1. The van der Waals surface area contributed by atoms with Gasteiger partial charge in [0.25, 0.3) is 0 Å². The second-order valence-electron chi connectivity index (χ2n) is 6.84. The Morgan fingerprint density at radius 1 is 0.857 bits per heavy atom. The number of benzene rings is 2. The number of unbranched alkanes of at least 4 members (excludes halogenated alkanes) is 4. The van der Waals surface area contributed by atoms with Crippen LogP contribution in [0.25, 0.3) is 22.5 Å². The average Bonchev–Trinajstić information content (AvgIpc) is 3.18. The smallest absolute Gasteiger partial charge is 0.305 e. The largest absolute Gasteiger partial charge is 0.469 e. The highest BCUT2D eigenvalue weighted by Crippen LogP contribution is 2.30. The van der Waals surface area contributed by atoms with E-state index in [-0.39, 0.29) is 5.97 Å². The van der Waals surface area contributed by atoms with Gasteiger partial charge in [-0.2, -0.15) is 0 Å². The third-order valence-electron chi connectivity index (χ3n) is 4.81. The van der Waals surface area contributed by atoms with Gasteiger partial charge in [-0.1, -0.05) is 85.1 Å². The van der Waals surface area contributed by atoms with E-state index < -0.39 is 0 Å². The lowest BCUT2D eigenvalue weighted by Gasteiger charge is -2.09. The second-order valence-corrected chi connectivity index (χ2v) is 6.84. The van der Waals surface area contributed by atoms with Gasteiger partial charge >= 0.3 is 5.97 Å². The van der Waals surface area contributed by atoms with Gasteiger partial charge in [-0.3, -0.25) is 4.79 Å².